The Labute approximate surface area is 100 Å². The third kappa shape index (κ3) is 3.03. The molecule has 1 saturated heterocycles. The number of hydrogen-bond donors (Lipinski definition) is 2. The smallest absolute Gasteiger partial charge is 0.224 e. The molecule has 1 aromatic carbocycles. The Bertz CT molecular complexity index is 408. The van der Waals surface area contributed by atoms with E-state index >= 15 is 0 Å². The predicted molar refractivity (Wildman–Crippen MR) is 63.8 cm³/mol. The van der Waals surface area contributed by atoms with Crippen molar-refractivity contribution in [3.8, 4) is 0 Å². The van der Waals surface area contributed by atoms with Gasteiger partial charge in [-0.2, -0.15) is 0 Å². The van der Waals surface area contributed by atoms with Crippen molar-refractivity contribution in [3.05, 3.63) is 35.6 Å². The number of carbonyl (C=O) groups is 1. The minimum atomic E-state index is -0.271. The maximum Gasteiger partial charge on any atom is 0.224 e. The van der Waals surface area contributed by atoms with E-state index in [4.69, 9.17) is 0 Å². The maximum absolute atomic E-state index is 12.9. The standard InChI is InChI=1S/C13H17FN2O/c1-9-12(5-6-15-9)13(17)16-8-10-3-2-4-11(14)7-10/h2-4,7,9,12,15H,5-6,8H2,1H3,(H,16,17)/t9-,12+/m1/s1. The Morgan fingerprint density at radius 1 is 1.59 bits per heavy atom. The summed E-state index contributed by atoms with van der Waals surface area (Å²) in [6.07, 6.45) is 0.871. The van der Waals surface area contributed by atoms with Gasteiger partial charge in [-0.1, -0.05) is 12.1 Å². The van der Waals surface area contributed by atoms with E-state index in [1.165, 1.54) is 12.1 Å². The molecule has 2 atom stereocenters. The van der Waals surface area contributed by atoms with Crippen LogP contribution in [0, 0.1) is 11.7 Å². The van der Waals surface area contributed by atoms with E-state index in [1.807, 2.05) is 6.92 Å². The molecule has 1 heterocycles. The van der Waals surface area contributed by atoms with Crippen molar-refractivity contribution in [1.82, 2.24) is 10.6 Å². The lowest BCUT2D eigenvalue weighted by Gasteiger charge is -2.14. The van der Waals surface area contributed by atoms with Crippen molar-refractivity contribution < 1.29 is 9.18 Å². The SMILES string of the molecule is C[C@H]1NCC[C@@H]1C(=O)NCc1cccc(F)c1. The molecule has 17 heavy (non-hydrogen) atoms. The van der Waals surface area contributed by atoms with Crippen LogP contribution in [-0.4, -0.2) is 18.5 Å². The van der Waals surface area contributed by atoms with E-state index in [0.717, 1.165) is 18.5 Å². The van der Waals surface area contributed by atoms with Crippen molar-refractivity contribution in [3.63, 3.8) is 0 Å². The van der Waals surface area contributed by atoms with E-state index in [1.54, 1.807) is 12.1 Å². The Balaban J connectivity index is 1.88. The Morgan fingerprint density at radius 2 is 2.41 bits per heavy atom. The third-order valence-corrected chi connectivity index (χ3v) is 3.22. The van der Waals surface area contributed by atoms with Gasteiger partial charge in [0.05, 0.1) is 5.92 Å². The molecule has 0 aliphatic carbocycles. The van der Waals surface area contributed by atoms with E-state index in [2.05, 4.69) is 10.6 Å². The largest absolute Gasteiger partial charge is 0.352 e. The first-order chi connectivity index (χ1) is 8.16. The van der Waals surface area contributed by atoms with Gasteiger partial charge in [-0.15, -0.1) is 0 Å². The molecule has 2 N–H and O–H groups in total. The summed E-state index contributed by atoms with van der Waals surface area (Å²) in [6.45, 7) is 3.29. The maximum atomic E-state index is 12.9. The third-order valence-electron chi connectivity index (χ3n) is 3.22. The van der Waals surface area contributed by atoms with E-state index < -0.39 is 0 Å². The van der Waals surface area contributed by atoms with Gasteiger partial charge in [0, 0.05) is 12.6 Å². The van der Waals surface area contributed by atoms with E-state index in [0.29, 0.717) is 6.54 Å². The highest BCUT2D eigenvalue weighted by atomic mass is 19.1. The summed E-state index contributed by atoms with van der Waals surface area (Å²) in [5.41, 5.74) is 0.789. The first-order valence-corrected chi connectivity index (χ1v) is 5.92. The van der Waals surface area contributed by atoms with Gasteiger partial charge in [0.15, 0.2) is 0 Å². The van der Waals surface area contributed by atoms with Gasteiger partial charge in [-0.3, -0.25) is 4.79 Å². The van der Waals surface area contributed by atoms with Crippen LogP contribution < -0.4 is 10.6 Å². The summed E-state index contributed by atoms with van der Waals surface area (Å²) in [5.74, 6) is -0.192. The molecule has 4 heteroatoms. The van der Waals surface area contributed by atoms with Gasteiger partial charge >= 0.3 is 0 Å². The molecule has 92 valence electrons. The van der Waals surface area contributed by atoms with Crippen LogP contribution in [0.15, 0.2) is 24.3 Å². The van der Waals surface area contributed by atoms with E-state index in [-0.39, 0.29) is 23.7 Å². The molecule has 3 nitrogen and oxygen atoms in total. The normalized spacial score (nSPS) is 23.6. The monoisotopic (exact) mass is 236 g/mol. The number of nitrogens with one attached hydrogen (secondary N) is 2. The molecule has 1 aliphatic heterocycles. The molecular weight excluding hydrogens is 219 g/mol. The second kappa shape index (κ2) is 5.27. The van der Waals surface area contributed by atoms with Crippen LogP contribution in [0.3, 0.4) is 0 Å². The molecule has 1 aliphatic rings. The van der Waals surface area contributed by atoms with Crippen LogP contribution >= 0.6 is 0 Å². The number of rotatable bonds is 3. The van der Waals surface area contributed by atoms with Crippen LogP contribution in [0.1, 0.15) is 18.9 Å². The number of amides is 1. The zero-order valence-corrected chi connectivity index (χ0v) is 9.87. The number of carbonyl (C=O) groups excluding carboxylic acids is 1. The first-order valence-electron chi connectivity index (χ1n) is 5.92. The second-order valence-electron chi connectivity index (χ2n) is 4.49. The summed E-state index contributed by atoms with van der Waals surface area (Å²) in [7, 11) is 0. The lowest BCUT2D eigenvalue weighted by atomic mass is 10.0. The van der Waals surface area contributed by atoms with Gasteiger partial charge in [0.25, 0.3) is 0 Å². The molecule has 0 bridgehead atoms. The van der Waals surface area contributed by atoms with Crippen LogP contribution in [0.5, 0.6) is 0 Å². The van der Waals surface area contributed by atoms with Crippen molar-refractivity contribution in [2.75, 3.05) is 6.54 Å². The zero-order valence-electron chi connectivity index (χ0n) is 9.87. The summed E-state index contributed by atoms with van der Waals surface area (Å²) in [6, 6.07) is 6.52. The van der Waals surface area contributed by atoms with Gasteiger partial charge < -0.3 is 10.6 Å². The van der Waals surface area contributed by atoms with Crippen molar-refractivity contribution in [2.24, 2.45) is 5.92 Å². The highest BCUT2D eigenvalue weighted by molar-refractivity contribution is 5.79. The van der Waals surface area contributed by atoms with Crippen molar-refractivity contribution in [1.29, 1.82) is 0 Å². The lowest BCUT2D eigenvalue weighted by Crippen LogP contribution is -2.36. The minimum absolute atomic E-state index is 0.0311. The molecule has 1 aromatic rings. The molecule has 1 amide bonds. The fourth-order valence-electron chi connectivity index (χ4n) is 2.18. The predicted octanol–water partition coefficient (Wildman–Crippen LogP) is 1.44. The Kier molecular flexibility index (Phi) is 3.74. The number of hydrogen-bond acceptors (Lipinski definition) is 2. The summed E-state index contributed by atoms with van der Waals surface area (Å²) in [4.78, 5) is 11.9. The Hall–Kier alpha value is -1.42. The lowest BCUT2D eigenvalue weighted by molar-refractivity contribution is -0.125. The quantitative estimate of drug-likeness (QED) is 0.833. The highest BCUT2D eigenvalue weighted by Gasteiger charge is 2.28. The topological polar surface area (TPSA) is 41.1 Å². The van der Waals surface area contributed by atoms with Crippen molar-refractivity contribution in [2.45, 2.75) is 25.9 Å². The Morgan fingerprint density at radius 3 is 3.06 bits per heavy atom. The fraction of sp³-hybridized carbons (Fsp3) is 0.462. The first kappa shape index (κ1) is 12.0. The van der Waals surface area contributed by atoms with Crippen molar-refractivity contribution >= 4 is 5.91 Å². The van der Waals surface area contributed by atoms with Crippen LogP contribution in [-0.2, 0) is 11.3 Å². The number of benzene rings is 1. The van der Waals surface area contributed by atoms with Crippen LogP contribution in [0.4, 0.5) is 4.39 Å². The zero-order chi connectivity index (χ0) is 12.3. The molecular formula is C13H17FN2O. The molecule has 1 fully saturated rings. The van der Waals surface area contributed by atoms with Crippen LogP contribution in [0.25, 0.3) is 0 Å². The number of halogens is 1. The summed E-state index contributed by atoms with van der Waals surface area (Å²) in [5, 5.41) is 6.09. The molecule has 0 radical (unpaired) electrons. The average Bonchev–Trinajstić information content (AvgIpc) is 2.72. The molecule has 0 aromatic heterocycles. The molecule has 0 unspecified atom stereocenters. The fourth-order valence-corrected chi connectivity index (χ4v) is 2.18. The summed E-state index contributed by atoms with van der Waals surface area (Å²) >= 11 is 0. The van der Waals surface area contributed by atoms with Gasteiger partial charge in [-0.25, -0.2) is 4.39 Å². The minimum Gasteiger partial charge on any atom is -0.352 e. The van der Waals surface area contributed by atoms with E-state index in [9.17, 15) is 9.18 Å². The second-order valence-corrected chi connectivity index (χ2v) is 4.49. The van der Waals surface area contributed by atoms with Gasteiger partial charge in [0.1, 0.15) is 5.82 Å². The average molecular weight is 236 g/mol. The van der Waals surface area contributed by atoms with Gasteiger partial charge in [0.2, 0.25) is 5.91 Å². The van der Waals surface area contributed by atoms with Crippen LogP contribution in [0.2, 0.25) is 0 Å². The molecule has 2 rings (SSSR count). The molecule has 0 saturated carbocycles. The van der Waals surface area contributed by atoms with Gasteiger partial charge in [-0.05, 0) is 37.6 Å². The molecule has 0 spiro atoms. The highest BCUT2D eigenvalue weighted by Crippen LogP contribution is 2.15. The summed E-state index contributed by atoms with van der Waals surface area (Å²) < 4.78 is 12.9.